The SMILES string of the molecule is Nc1ccc(NCCN2CCN(c3ccccc3)CC2)c(C(=O)O)c1. The Morgan fingerprint density at radius 3 is 2.48 bits per heavy atom. The molecule has 1 saturated heterocycles. The van der Waals surface area contributed by atoms with Gasteiger partial charge in [0.05, 0.1) is 5.56 Å². The Labute approximate surface area is 147 Å². The van der Waals surface area contributed by atoms with Crippen LogP contribution in [0.3, 0.4) is 0 Å². The summed E-state index contributed by atoms with van der Waals surface area (Å²) in [7, 11) is 0. The van der Waals surface area contributed by atoms with Gasteiger partial charge < -0.3 is 21.1 Å². The lowest BCUT2D eigenvalue weighted by Crippen LogP contribution is -2.47. The quantitative estimate of drug-likeness (QED) is 0.700. The molecule has 0 atom stereocenters. The van der Waals surface area contributed by atoms with Gasteiger partial charge in [-0.25, -0.2) is 4.79 Å². The number of hydrogen-bond acceptors (Lipinski definition) is 5. The van der Waals surface area contributed by atoms with Crippen LogP contribution >= 0.6 is 0 Å². The molecule has 6 nitrogen and oxygen atoms in total. The van der Waals surface area contributed by atoms with Crippen LogP contribution in [0.15, 0.2) is 48.5 Å². The maximum atomic E-state index is 11.3. The minimum Gasteiger partial charge on any atom is -0.478 e. The number of nitrogens with zero attached hydrogens (tertiary/aromatic N) is 2. The number of hydrogen-bond donors (Lipinski definition) is 3. The lowest BCUT2D eigenvalue weighted by atomic mass is 10.1. The highest BCUT2D eigenvalue weighted by Gasteiger charge is 2.17. The van der Waals surface area contributed by atoms with Crippen molar-refractivity contribution in [2.24, 2.45) is 0 Å². The Hall–Kier alpha value is -2.73. The second-order valence-electron chi connectivity index (χ2n) is 6.20. The zero-order chi connectivity index (χ0) is 17.6. The van der Waals surface area contributed by atoms with E-state index in [0.717, 1.165) is 32.7 Å². The molecule has 6 heteroatoms. The molecule has 0 spiro atoms. The number of benzene rings is 2. The Kier molecular flexibility index (Phi) is 5.40. The number of carbonyl (C=O) groups is 1. The van der Waals surface area contributed by atoms with Crippen LogP contribution in [0.5, 0.6) is 0 Å². The van der Waals surface area contributed by atoms with E-state index in [0.29, 0.717) is 17.9 Å². The molecule has 0 bridgehead atoms. The monoisotopic (exact) mass is 340 g/mol. The number of para-hydroxylation sites is 1. The molecule has 1 aliphatic rings. The summed E-state index contributed by atoms with van der Waals surface area (Å²) in [5.74, 6) is -0.966. The van der Waals surface area contributed by atoms with Crippen LogP contribution in [0, 0.1) is 0 Å². The Morgan fingerprint density at radius 2 is 1.80 bits per heavy atom. The molecule has 0 unspecified atom stereocenters. The summed E-state index contributed by atoms with van der Waals surface area (Å²) in [6, 6.07) is 15.4. The van der Waals surface area contributed by atoms with Gasteiger partial charge in [-0.15, -0.1) is 0 Å². The van der Waals surface area contributed by atoms with Crippen molar-refractivity contribution in [3.63, 3.8) is 0 Å². The van der Waals surface area contributed by atoms with Gasteiger partial charge in [0.1, 0.15) is 0 Å². The van der Waals surface area contributed by atoms with Crippen molar-refractivity contribution in [1.29, 1.82) is 0 Å². The normalized spacial score (nSPS) is 15.1. The van der Waals surface area contributed by atoms with Crippen molar-refractivity contribution in [2.45, 2.75) is 0 Å². The predicted octanol–water partition coefficient (Wildman–Crippen LogP) is 2.20. The molecular weight excluding hydrogens is 316 g/mol. The van der Waals surface area contributed by atoms with E-state index in [1.165, 1.54) is 11.8 Å². The number of nitrogen functional groups attached to an aromatic ring is 1. The lowest BCUT2D eigenvalue weighted by molar-refractivity contribution is 0.0698. The van der Waals surface area contributed by atoms with Gasteiger partial charge in [0, 0.05) is 56.3 Å². The lowest BCUT2D eigenvalue weighted by Gasteiger charge is -2.36. The summed E-state index contributed by atoms with van der Waals surface area (Å²) in [5, 5.41) is 12.5. The number of piperazine rings is 1. The van der Waals surface area contributed by atoms with E-state index in [4.69, 9.17) is 5.73 Å². The molecule has 1 aliphatic heterocycles. The van der Waals surface area contributed by atoms with Crippen molar-refractivity contribution in [1.82, 2.24) is 4.90 Å². The minimum atomic E-state index is -0.966. The molecule has 0 aromatic heterocycles. The van der Waals surface area contributed by atoms with Gasteiger partial charge in [0.25, 0.3) is 0 Å². The smallest absolute Gasteiger partial charge is 0.337 e. The summed E-state index contributed by atoms with van der Waals surface area (Å²) < 4.78 is 0. The summed E-state index contributed by atoms with van der Waals surface area (Å²) >= 11 is 0. The summed E-state index contributed by atoms with van der Waals surface area (Å²) in [4.78, 5) is 16.1. The van der Waals surface area contributed by atoms with Crippen LogP contribution in [0.25, 0.3) is 0 Å². The van der Waals surface area contributed by atoms with E-state index in [1.807, 2.05) is 6.07 Å². The zero-order valence-electron chi connectivity index (χ0n) is 14.2. The predicted molar refractivity (Wildman–Crippen MR) is 101 cm³/mol. The number of aromatic carboxylic acids is 1. The van der Waals surface area contributed by atoms with Crippen LogP contribution in [-0.2, 0) is 0 Å². The Balaban J connectivity index is 1.47. The average Bonchev–Trinajstić information content (AvgIpc) is 2.64. The van der Waals surface area contributed by atoms with Crippen molar-refractivity contribution in [2.75, 3.05) is 55.2 Å². The van der Waals surface area contributed by atoms with Gasteiger partial charge in [-0.05, 0) is 30.3 Å². The van der Waals surface area contributed by atoms with E-state index in [1.54, 1.807) is 12.1 Å². The molecule has 132 valence electrons. The molecular formula is C19H24N4O2. The first-order chi connectivity index (χ1) is 12.1. The largest absolute Gasteiger partial charge is 0.478 e. The topological polar surface area (TPSA) is 81.8 Å². The van der Waals surface area contributed by atoms with E-state index in [9.17, 15) is 9.90 Å². The van der Waals surface area contributed by atoms with E-state index in [2.05, 4.69) is 39.4 Å². The zero-order valence-corrected chi connectivity index (χ0v) is 14.2. The fourth-order valence-electron chi connectivity index (χ4n) is 3.11. The minimum absolute atomic E-state index is 0.217. The molecule has 1 fully saturated rings. The van der Waals surface area contributed by atoms with Gasteiger partial charge in [0.15, 0.2) is 0 Å². The third-order valence-corrected chi connectivity index (χ3v) is 4.51. The average molecular weight is 340 g/mol. The molecule has 2 aromatic carbocycles. The van der Waals surface area contributed by atoms with Crippen LogP contribution in [0.4, 0.5) is 17.1 Å². The van der Waals surface area contributed by atoms with Gasteiger partial charge in [-0.2, -0.15) is 0 Å². The highest BCUT2D eigenvalue weighted by atomic mass is 16.4. The molecule has 2 aromatic rings. The fourth-order valence-corrected chi connectivity index (χ4v) is 3.11. The summed E-state index contributed by atoms with van der Waals surface area (Å²) in [6.07, 6.45) is 0. The molecule has 4 N–H and O–H groups in total. The third-order valence-electron chi connectivity index (χ3n) is 4.51. The van der Waals surface area contributed by atoms with E-state index >= 15 is 0 Å². The number of nitrogens with two attached hydrogens (primary N) is 1. The molecule has 0 radical (unpaired) electrons. The van der Waals surface area contributed by atoms with Crippen LogP contribution in [-0.4, -0.2) is 55.2 Å². The number of carboxylic acids is 1. The maximum absolute atomic E-state index is 11.3. The molecule has 1 heterocycles. The van der Waals surface area contributed by atoms with Gasteiger partial charge in [0.2, 0.25) is 0 Å². The highest BCUT2D eigenvalue weighted by molar-refractivity contribution is 5.95. The van der Waals surface area contributed by atoms with Crippen LogP contribution < -0.4 is 16.0 Å². The number of carboxylic acid groups (broad SMARTS) is 1. The molecule has 0 saturated carbocycles. The number of anilines is 3. The third kappa shape index (κ3) is 4.42. The van der Waals surface area contributed by atoms with E-state index in [-0.39, 0.29) is 5.56 Å². The first-order valence-corrected chi connectivity index (χ1v) is 8.52. The van der Waals surface area contributed by atoms with Crippen molar-refractivity contribution in [3.8, 4) is 0 Å². The summed E-state index contributed by atoms with van der Waals surface area (Å²) in [5.41, 5.74) is 8.23. The fraction of sp³-hybridized carbons (Fsp3) is 0.316. The number of nitrogens with one attached hydrogen (secondary N) is 1. The second-order valence-corrected chi connectivity index (χ2v) is 6.20. The van der Waals surface area contributed by atoms with Gasteiger partial charge in [-0.1, -0.05) is 18.2 Å². The second kappa shape index (κ2) is 7.90. The Morgan fingerprint density at radius 1 is 1.08 bits per heavy atom. The van der Waals surface area contributed by atoms with Crippen LogP contribution in [0.2, 0.25) is 0 Å². The molecule has 3 rings (SSSR count). The van der Waals surface area contributed by atoms with Crippen LogP contribution in [0.1, 0.15) is 10.4 Å². The van der Waals surface area contributed by atoms with Crippen molar-refractivity contribution in [3.05, 3.63) is 54.1 Å². The van der Waals surface area contributed by atoms with E-state index < -0.39 is 5.97 Å². The highest BCUT2D eigenvalue weighted by Crippen LogP contribution is 2.19. The molecule has 25 heavy (non-hydrogen) atoms. The standard InChI is InChI=1S/C19H24N4O2/c20-15-6-7-18(17(14-15)19(24)25)21-8-9-22-10-12-23(13-11-22)16-4-2-1-3-5-16/h1-7,14,21H,8-13,20H2,(H,24,25). The first kappa shape index (κ1) is 17.1. The Bertz CT molecular complexity index is 713. The maximum Gasteiger partial charge on any atom is 0.337 e. The molecule has 0 aliphatic carbocycles. The van der Waals surface area contributed by atoms with Crippen molar-refractivity contribution >= 4 is 23.0 Å². The molecule has 0 amide bonds. The first-order valence-electron chi connectivity index (χ1n) is 8.52. The van der Waals surface area contributed by atoms with Crippen molar-refractivity contribution < 1.29 is 9.90 Å². The van der Waals surface area contributed by atoms with Gasteiger partial charge >= 0.3 is 5.97 Å². The summed E-state index contributed by atoms with van der Waals surface area (Å²) in [6.45, 7) is 5.61. The van der Waals surface area contributed by atoms with Gasteiger partial charge in [-0.3, -0.25) is 4.90 Å². The number of rotatable bonds is 6.